The molecule has 0 fully saturated rings. The van der Waals surface area contributed by atoms with E-state index in [1.54, 1.807) is 0 Å². The molecule has 0 aromatic rings. The minimum atomic E-state index is -0.101. The quantitative estimate of drug-likeness (QED) is 0.613. The van der Waals surface area contributed by atoms with E-state index in [0.717, 1.165) is 32.5 Å². The van der Waals surface area contributed by atoms with Crippen molar-refractivity contribution >= 4 is 0 Å². The van der Waals surface area contributed by atoms with Crippen LogP contribution in [0.3, 0.4) is 0 Å². The molecule has 0 aromatic carbocycles. The Hall–Kier alpha value is -0.340. The highest BCUT2D eigenvalue weighted by molar-refractivity contribution is 4.95. The Morgan fingerprint density at radius 1 is 1.45 bits per heavy atom. The summed E-state index contributed by atoms with van der Waals surface area (Å²) in [5.41, 5.74) is 0. The van der Waals surface area contributed by atoms with Crippen LogP contribution in [0.4, 0.5) is 0 Å². The summed E-state index contributed by atoms with van der Waals surface area (Å²) in [5.74, 6) is 0. The Bertz CT molecular complexity index is 126. The van der Waals surface area contributed by atoms with Gasteiger partial charge in [-0.2, -0.15) is 0 Å². The van der Waals surface area contributed by atoms with E-state index in [1.165, 1.54) is 0 Å². The van der Waals surface area contributed by atoms with Gasteiger partial charge >= 0.3 is 0 Å². The van der Waals surface area contributed by atoms with Gasteiger partial charge in [0.15, 0.2) is 0 Å². The predicted molar refractivity (Wildman–Crippen MR) is 46.5 cm³/mol. The zero-order valence-electron chi connectivity index (χ0n) is 7.16. The van der Waals surface area contributed by atoms with E-state index in [0.29, 0.717) is 0 Å². The maximum atomic E-state index is 9.27. The summed E-state index contributed by atoms with van der Waals surface area (Å²) in [4.78, 5) is 2.33. The molecule has 1 aliphatic rings. The maximum absolute atomic E-state index is 9.27. The van der Waals surface area contributed by atoms with E-state index in [9.17, 15) is 5.11 Å². The smallest absolute Gasteiger partial charge is 0.0549 e. The van der Waals surface area contributed by atoms with Gasteiger partial charge in [-0.25, -0.2) is 0 Å². The summed E-state index contributed by atoms with van der Waals surface area (Å²) in [6.45, 7) is 5.18. The molecular formula is C9H17NO. The number of nitrogens with zero attached hydrogens (tertiary/aromatic N) is 1. The topological polar surface area (TPSA) is 23.5 Å². The second-order valence-corrected chi connectivity index (χ2v) is 3.08. The fraction of sp³-hybridized carbons (Fsp3) is 0.778. The van der Waals surface area contributed by atoms with E-state index in [4.69, 9.17) is 0 Å². The number of hydrogen-bond donors (Lipinski definition) is 1. The number of aliphatic hydroxyl groups excluding tert-OH is 1. The second-order valence-electron chi connectivity index (χ2n) is 3.08. The summed E-state index contributed by atoms with van der Waals surface area (Å²) in [7, 11) is 0. The van der Waals surface area contributed by atoms with Gasteiger partial charge in [0.05, 0.1) is 6.10 Å². The summed E-state index contributed by atoms with van der Waals surface area (Å²) < 4.78 is 0. The van der Waals surface area contributed by atoms with Gasteiger partial charge in [0.1, 0.15) is 0 Å². The molecule has 0 spiro atoms. The number of hydrogen-bond acceptors (Lipinski definition) is 2. The van der Waals surface area contributed by atoms with E-state index in [2.05, 4.69) is 17.1 Å². The lowest BCUT2D eigenvalue weighted by Crippen LogP contribution is -2.24. The minimum Gasteiger partial charge on any atom is -0.393 e. The van der Waals surface area contributed by atoms with Crippen molar-refractivity contribution in [2.45, 2.75) is 25.9 Å². The fourth-order valence-electron chi connectivity index (χ4n) is 1.24. The largest absolute Gasteiger partial charge is 0.393 e. The second kappa shape index (κ2) is 4.52. The average molecular weight is 155 g/mol. The standard InChI is InChI=1S/C9H17NO/c1-2-9(11)5-8-10-6-3-4-7-10/h3-4,9,11H,2,5-8H2,1H3. The van der Waals surface area contributed by atoms with Crippen LogP contribution >= 0.6 is 0 Å². The molecule has 0 saturated carbocycles. The first-order chi connectivity index (χ1) is 5.33. The van der Waals surface area contributed by atoms with Crippen molar-refractivity contribution in [3.8, 4) is 0 Å². The zero-order valence-corrected chi connectivity index (χ0v) is 7.16. The van der Waals surface area contributed by atoms with Crippen molar-refractivity contribution in [2.24, 2.45) is 0 Å². The average Bonchev–Trinajstić information content (AvgIpc) is 2.52. The number of rotatable bonds is 4. The minimum absolute atomic E-state index is 0.101. The van der Waals surface area contributed by atoms with Gasteiger partial charge in [0, 0.05) is 19.6 Å². The van der Waals surface area contributed by atoms with Crippen molar-refractivity contribution in [1.29, 1.82) is 0 Å². The molecule has 0 aromatic heterocycles. The lowest BCUT2D eigenvalue weighted by atomic mass is 10.2. The van der Waals surface area contributed by atoms with Crippen LogP contribution in [0.5, 0.6) is 0 Å². The molecule has 1 N–H and O–H groups in total. The predicted octanol–water partition coefficient (Wildman–Crippen LogP) is 1.02. The third kappa shape index (κ3) is 3.04. The molecule has 1 atom stereocenters. The SMILES string of the molecule is CCC(O)CCN1CC=CC1. The summed E-state index contributed by atoms with van der Waals surface area (Å²) in [6.07, 6.45) is 6.05. The lowest BCUT2D eigenvalue weighted by Gasteiger charge is -2.16. The molecule has 1 unspecified atom stereocenters. The molecular weight excluding hydrogens is 138 g/mol. The lowest BCUT2D eigenvalue weighted by molar-refractivity contribution is 0.144. The molecule has 1 aliphatic heterocycles. The Kier molecular flexibility index (Phi) is 3.60. The summed E-state index contributed by atoms with van der Waals surface area (Å²) >= 11 is 0. The highest BCUT2D eigenvalue weighted by Crippen LogP contribution is 2.03. The Balaban J connectivity index is 2.03. The monoisotopic (exact) mass is 155 g/mol. The highest BCUT2D eigenvalue weighted by atomic mass is 16.3. The number of aliphatic hydroxyl groups is 1. The van der Waals surface area contributed by atoms with Gasteiger partial charge in [-0.05, 0) is 12.8 Å². The molecule has 2 nitrogen and oxygen atoms in total. The van der Waals surface area contributed by atoms with Gasteiger partial charge in [-0.1, -0.05) is 19.1 Å². The first kappa shape index (κ1) is 8.75. The van der Waals surface area contributed by atoms with Crippen molar-refractivity contribution in [2.75, 3.05) is 19.6 Å². The van der Waals surface area contributed by atoms with Crippen LogP contribution < -0.4 is 0 Å². The van der Waals surface area contributed by atoms with Crippen molar-refractivity contribution < 1.29 is 5.11 Å². The highest BCUT2D eigenvalue weighted by Gasteiger charge is 2.07. The van der Waals surface area contributed by atoms with E-state index >= 15 is 0 Å². The third-order valence-electron chi connectivity index (χ3n) is 2.14. The molecule has 11 heavy (non-hydrogen) atoms. The van der Waals surface area contributed by atoms with Crippen molar-refractivity contribution in [3.05, 3.63) is 12.2 Å². The normalized spacial score (nSPS) is 20.9. The molecule has 0 saturated heterocycles. The fourth-order valence-corrected chi connectivity index (χ4v) is 1.24. The molecule has 0 amide bonds. The molecule has 0 bridgehead atoms. The molecule has 1 rings (SSSR count). The van der Waals surface area contributed by atoms with Crippen LogP contribution in [-0.2, 0) is 0 Å². The Labute approximate surface area is 68.5 Å². The first-order valence-electron chi connectivity index (χ1n) is 4.38. The van der Waals surface area contributed by atoms with Crippen LogP contribution in [0.1, 0.15) is 19.8 Å². The molecule has 0 radical (unpaired) electrons. The van der Waals surface area contributed by atoms with Crippen LogP contribution in [-0.4, -0.2) is 35.7 Å². The van der Waals surface area contributed by atoms with E-state index in [-0.39, 0.29) is 6.10 Å². The van der Waals surface area contributed by atoms with Gasteiger partial charge in [0.2, 0.25) is 0 Å². The van der Waals surface area contributed by atoms with Crippen LogP contribution in [0.25, 0.3) is 0 Å². The van der Waals surface area contributed by atoms with E-state index < -0.39 is 0 Å². The van der Waals surface area contributed by atoms with Gasteiger partial charge in [-0.3, -0.25) is 4.90 Å². The molecule has 2 heteroatoms. The van der Waals surface area contributed by atoms with Crippen LogP contribution in [0.2, 0.25) is 0 Å². The van der Waals surface area contributed by atoms with Gasteiger partial charge in [-0.15, -0.1) is 0 Å². The van der Waals surface area contributed by atoms with Gasteiger partial charge < -0.3 is 5.11 Å². The van der Waals surface area contributed by atoms with Crippen LogP contribution in [0.15, 0.2) is 12.2 Å². The van der Waals surface area contributed by atoms with Crippen LogP contribution in [0, 0.1) is 0 Å². The Morgan fingerprint density at radius 3 is 2.64 bits per heavy atom. The third-order valence-corrected chi connectivity index (χ3v) is 2.14. The van der Waals surface area contributed by atoms with Crippen molar-refractivity contribution in [3.63, 3.8) is 0 Å². The van der Waals surface area contributed by atoms with E-state index in [1.807, 2.05) is 6.92 Å². The molecule has 0 aliphatic carbocycles. The summed E-state index contributed by atoms with van der Waals surface area (Å²) in [5, 5.41) is 9.27. The Morgan fingerprint density at radius 2 is 2.09 bits per heavy atom. The zero-order chi connectivity index (χ0) is 8.10. The molecule has 64 valence electrons. The molecule has 1 heterocycles. The maximum Gasteiger partial charge on any atom is 0.0549 e. The summed E-state index contributed by atoms with van der Waals surface area (Å²) in [6, 6.07) is 0. The first-order valence-corrected chi connectivity index (χ1v) is 4.38. The van der Waals surface area contributed by atoms with Crippen molar-refractivity contribution in [1.82, 2.24) is 4.90 Å². The van der Waals surface area contributed by atoms with Gasteiger partial charge in [0.25, 0.3) is 0 Å².